The fourth-order valence-electron chi connectivity index (χ4n) is 2.03. The average molecular weight is 428 g/mol. The van der Waals surface area contributed by atoms with Gasteiger partial charge in [0.05, 0.1) is 31.0 Å². The number of halogens is 1. The lowest BCUT2D eigenvalue weighted by Gasteiger charge is -2.12. The highest BCUT2D eigenvalue weighted by molar-refractivity contribution is 9.10. The van der Waals surface area contributed by atoms with Crippen molar-refractivity contribution in [1.29, 1.82) is 0 Å². The molecule has 0 unspecified atom stereocenters. The first kappa shape index (κ1) is 18.9. The van der Waals surface area contributed by atoms with Gasteiger partial charge in [-0.2, -0.15) is 0 Å². The van der Waals surface area contributed by atoms with E-state index < -0.39 is 22.0 Å². The summed E-state index contributed by atoms with van der Waals surface area (Å²) in [5.74, 6) is -1.43. The van der Waals surface area contributed by atoms with Gasteiger partial charge in [-0.25, -0.2) is 18.0 Å². The Morgan fingerprint density at radius 2 is 1.48 bits per heavy atom. The van der Waals surface area contributed by atoms with Gasteiger partial charge in [0.1, 0.15) is 4.90 Å². The molecular weight excluding hydrogens is 414 g/mol. The largest absolute Gasteiger partial charge is 0.465 e. The number of nitrogens with one attached hydrogen (secondary N) is 1. The van der Waals surface area contributed by atoms with Gasteiger partial charge in [0.25, 0.3) is 10.0 Å². The molecule has 0 aliphatic heterocycles. The Hall–Kier alpha value is -2.39. The number of hydrogen-bond acceptors (Lipinski definition) is 6. The van der Waals surface area contributed by atoms with E-state index in [9.17, 15) is 18.0 Å². The Morgan fingerprint density at radius 3 is 1.96 bits per heavy atom. The van der Waals surface area contributed by atoms with Gasteiger partial charge in [-0.3, -0.25) is 4.72 Å². The Morgan fingerprint density at radius 1 is 0.960 bits per heavy atom. The molecule has 9 heteroatoms. The molecule has 0 spiro atoms. The van der Waals surface area contributed by atoms with Gasteiger partial charge in [0, 0.05) is 4.47 Å². The van der Waals surface area contributed by atoms with E-state index in [0.29, 0.717) is 4.47 Å². The molecule has 0 amide bonds. The van der Waals surface area contributed by atoms with Gasteiger partial charge in [0.2, 0.25) is 0 Å². The summed E-state index contributed by atoms with van der Waals surface area (Å²) in [4.78, 5) is 23.5. The molecule has 0 saturated carbocycles. The maximum Gasteiger partial charge on any atom is 0.337 e. The number of benzene rings is 2. The van der Waals surface area contributed by atoms with Crippen LogP contribution in [0.5, 0.6) is 0 Å². The van der Waals surface area contributed by atoms with Gasteiger partial charge < -0.3 is 9.47 Å². The summed E-state index contributed by atoms with van der Waals surface area (Å²) in [5, 5.41) is 0. The molecular formula is C16H14BrNO6S. The lowest BCUT2D eigenvalue weighted by atomic mass is 10.1. The maximum absolute atomic E-state index is 12.6. The van der Waals surface area contributed by atoms with E-state index in [0.717, 1.165) is 0 Å². The SMILES string of the molecule is COC(=O)c1cc(NS(=O)(=O)c2ccccc2Br)cc(C(=O)OC)c1. The van der Waals surface area contributed by atoms with Gasteiger partial charge in [-0.1, -0.05) is 12.1 Å². The Labute approximate surface area is 153 Å². The molecule has 7 nitrogen and oxygen atoms in total. The van der Waals surface area contributed by atoms with Gasteiger partial charge in [-0.15, -0.1) is 0 Å². The highest BCUT2D eigenvalue weighted by Crippen LogP contribution is 2.25. The Balaban J connectivity index is 2.49. The molecule has 0 aliphatic rings. The van der Waals surface area contributed by atoms with Crippen LogP contribution in [0.2, 0.25) is 0 Å². The van der Waals surface area contributed by atoms with Crippen LogP contribution in [0.4, 0.5) is 5.69 Å². The normalized spacial score (nSPS) is 10.8. The standard InChI is InChI=1S/C16H14BrNO6S/c1-23-15(19)10-7-11(16(20)24-2)9-12(8-10)18-25(21,22)14-6-4-3-5-13(14)17/h3-9,18H,1-2H3. The van der Waals surface area contributed by atoms with Crippen LogP contribution in [0.25, 0.3) is 0 Å². The second kappa shape index (κ2) is 7.66. The van der Waals surface area contributed by atoms with Crippen LogP contribution >= 0.6 is 15.9 Å². The third-order valence-corrected chi connectivity index (χ3v) is 5.55. The summed E-state index contributed by atoms with van der Waals surface area (Å²) < 4.78 is 37.1. The molecule has 0 saturated heterocycles. The number of hydrogen-bond donors (Lipinski definition) is 1. The smallest absolute Gasteiger partial charge is 0.337 e. The number of anilines is 1. The van der Waals surface area contributed by atoms with Crippen molar-refractivity contribution in [3.63, 3.8) is 0 Å². The molecule has 25 heavy (non-hydrogen) atoms. The molecule has 2 aromatic rings. The number of carbonyl (C=O) groups is 2. The lowest BCUT2D eigenvalue weighted by Crippen LogP contribution is -2.15. The lowest BCUT2D eigenvalue weighted by molar-refractivity contribution is 0.0599. The molecule has 2 rings (SSSR count). The summed E-state index contributed by atoms with van der Waals surface area (Å²) in [7, 11) is -1.59. The quantitative estimate of drug-likeness (QED) is 0.736. The minimum absolute atomic E-state index is 0.00947. The van der Waals surface area contributed by atoms with E-state index in [1.165, 1.54) is 38.5 Å². The minimum atomic E-state index is -3.94. The Bertz CT molecular complexity index is 892. The van der Waals surface area contributed by atoms with E-state index in [2.05, 4.69) is 30.1 Å². The molecule has 0 fully saturated rings. The van der Waals surface area contributed by atoms with Gasteiger partial charge in [0.15, 0.2) is 0 Å². The van der Waals surface area contributed by atoms with Crippen molar-refractivity contribution in [2.75, 3.05) is 18.9 Å². The van der Waals surface area contributed by atoms with Crippen LogP contribution in [-0.2, 0) is 19.5 Å². The topological polar surface area (TPSA) is 98.8 Å². The van der Waals surface area contributed by atoms with E-state index in [-0.39, 0.29) is 21.7 Å². The zero-order valence-electron chi connectivity index (χ0n) is 13.3. The number of esters is 2. The van der Waals surface area contributed by atoms with E-state index in [4.69, 9.17) is 0 Å². The van der Waals surface area contributed by atoms with Crippen molar-refractivity contribution < 1.29 is 27.5 Å². The summed E-state index contributed by atoms with van der Waals surface area (Å²) in [6, 6.07) is 10.0. The molecule has 1 N–H and O–H groups in total. The van der Waals surface area contributed by atoms with Crippen LogP contribution < -0.4 is 4.72 Å². The number of sulfonamides is 1. The van der Waals surface area contributed by atoms with Crippen molar-refractivity contribution in [1.82, 2.24) is 0 Å². The van der Waals surface area contributed by atoms with Crippen molar-refractivity contribution >= 4 is 43.6 Å². The van der Waals surface area contributed by atoms with E-state index in [1.807, 2.05) is 0 Å². The molecule has 0 radical (unpaired) electrons. The zero-order chi connectivity index (χ0) is 18.6. The van der Waals surface area contributed by atoms with Crippen molar-refractivity contribution in [3.05, 3.63) is 58.1 Å². The van der Waals surface area contributed by atoms with Gasteiger partial charge in [-0.05, 0) is 46.3 Å². The average Bonchev–Trinajstić information content (AvgIpc) is 2.59. The molecule has 0 bridgehead atoms. The second-order valence-electron chi connectivity index (χ2n) is 4.82. The summed E-state index contributed by atoms with van der Waals surface area (Å²) in [5.41, 5.74) is 0.0458. The van der Waals surface area contributed by atoms with Gasteiger partial charge >= 0.3 is 11.9 Å². The first-order valence-corrected chi connectivity index (χ1v) is 9.15. The molecule has 0 aromatic heterocycles. The highest BCUT2D eigenvalue weighted by atomic mass is 79.9. The number of carbonyl (C=O) groups excluding carboxylic acids is 2. The third kappa shape index (κ3) is 4.37. The number of methoxy groups -OCH3 is 2. The molecule has 132 valence electrons. The molecule has 0 heterocycles. The first-order chi connectivity index (χ1) is 11.8. The number of rotatable bonds is 5. The van der Waals surface area contributed by atoms with E-state index >= 15 is 0 Å². The highest BCUT2D eigenvalue weighted by Gasteiger charge is 2.20. The number of ether oxygens (including phenoxy) is 2. The van der Waals surface area contributed by atoms with E-state index in [1.54, 1.807) is 18.2 Å². The second-order valence-corrected chi connectivity index (χ2v) is 7.32. The maximum atomic E-state index is 12.6. The van der Waals surface area contributed by atoms with Crippen LogP contribution in [-0.4, -0.2) is 34.6 Å². The van der Waals surface area contributed by atoms with Crippen LogP contribution in [0.3, 0.4) is 0 Å². The van der Waals surface area contributed by atoms with Crippen LogP contribution in [0.1, 0.15) is 20.7 Å². The van der Waals surface area contributed by atoms with Crippen LogP contribution in [0, 0.1) is 0 Å². The predicted molar refractivity (Wildman–Crippen MR) is 94.1 cm³/mol. The van der Waals surface area contributed by atoms with Crippen LogP contribution in [0.15, 0.2) is 51.8 Å². The molecule has 2 aromatic carbocycles. The fraction of sp³-hybridized carbons (Fsp3) is 0.125. The summed E-state index contributed by atoms with van der Waals surface area (Å²) in [6.45, 7) is 0. The first-order valence-electron chi connectivity index (χ1n) is 6.87. The summed E-state index contributed by atoms with van der Waals surface area (Å²) >= 11 is 3.18. The monoisotopic (exact) mass is 427 g/mol. The van der Waals surface area contributed by atoms with Crippen molar-refractivity contribution in [2.24, 2.45) is 0 Å². The zero-order valence-corrected chi connectivity index (χ0v) is 15.7. The van der Waals surface area contributed by atoms with Crippen molar-refractivity contribution in [2.45, 2.75) is 4.90 Å². The molecule has 0 aliphatic carbocycles. The minimum Gasteiger partial charge on any atom is -0.465 e. The third-order valence-electron chi connectivity index (χ3n) is 3.15. The fourth-order valence-corrected chi connectivity index (χ4v) is 4.08. The molecule has 0 atom stereocenters. The predicted octanol–water partition coefficient (Wildman–Crippen LogP) is 2.82. The van der Waals surface area contributed by atoms with Crippen molar-refractivity contribution in [3.8, 4) is 0 Å². The Kier molecular flexibility index (Phi) is 5.81. The summed E-state index contributed by atoms with van der Waals surface area (Å²) in [6.07, 6.45) is 0.